The second kappa shape index (κ2) is 8.28. The Balaban J connectivity index is 1.30. The molecule has 2 amide bonds. The Morgan fingerprint density at radius 1 is 1.12 bits per heavy atom. The maximum absolute atomic E-state index is 13.0. The van der Waals surface area contributed by atoms with E-state index in [1.165, 1.54) is 11.3 Å². The highest BCUT2D eigenvalue weighted by molar-refractivity contribution is 7.13. The molecule has 2 aliphatic rings. The fourth-order valence-corrected chi connectivity index (χ4v) is 4.63. The predicted molar refractivity (Wildman–Crippen MR) is 115 cm³/mol. The van der Waals surface area contributed by atoms with Crippen LogP contribution < -0.4 is 14.8 Å². The van der Waals surface area contributed by atoms with Gasteiger partial charge in [-0.3, -0.25) is 9.59 Å². The van der Waals surface area contributed by atoms with Crippen LogP contribution in [0.15, 0.2) is 42.5 Å². The lowest BCUT2D eigenvalue weighted by Gasteiger charge is -2.22. The van der Waals surface area contributed by atoms with Crippen LogP contribution in [0, 0.1) is 11.3 Å². The Labute approximate surface area is 187 Å². The highest BCUT2D eigenvalue weighted by Gasteiger charge is 2.33. The Morgan fingerprint density at radius 3 is 2.75 bits per heavy atom. The van der Waals surface area contributed by atoms with Crippen LogP contribution in [-0.2, 0) is 0 Å². The van der Waals surface area contributed by atoms with E-state index in [0.717, 1.165) is 12.8 Å². The minimum Gasteiger partial charge on any atom is -0.454 e. The zero-order chi connectivity index (χ0) is 22.1. The van der Waals surface area contributed by atoms with E-state index >= 15 is 0 Å². The summed E-state index contributed by atoms with van der Waals surface area (Å²) in [6, 6.07) is 13.5. The van der Waals surface area contributed by atoms with Crippen LogP contribution in [0.1, 0.15) is 49.6 Å². The van der Waals surface area contributed by atoms with Gasteiger partial charge in [0.05, 0.1) is 17.7 Å². The van der Waals surface area contributed by atoms with Gasteiger partial charge in [0.2, 0.25) is 11.8 Å². The molecule has 160 valence electrons. The quantitative estimate of drug-likeness (QED) is 0.651. The first-order chi connectivity index (χ1) is 15.6. The number of rotatable bonds is 4. The molecule has 1 atom stereocenters. The van der Waals surface area contributed by atoms with Crippen molar-refractivity contribution in [1.29, 1.82) is 5.26 Å². The molecule has 32 heavy (non-hydrogen) atoms. The summed E-state index contributed by atoms with van der Waals surface area (Å²) in [5.74, 6) is 0.701. The van der Waals surface area contributed by atoms with Crippen molar-refractivity contribution < 1.29 is 19.1 Å². The molecule has 1 N–H and O–H groups in total. The number of benzene rings is 2. The van der Waals surface area contributed by atoms with Crippen molar-refractivity contribution in [1.82, 2.24) is 15.1 Å². The van der Waals surface area contributed by atoms with E-state index in [2.05, 4.69) is 15.5 Å². The third kappa shape index (κ3) is 3.74. The first kappa shape index (κ1) is 20.0. The van der Waals surface area contributed by atoms with E-state index in [9.17, 15) is 9.59 Å². The molecule has 9 nitrogen and oxygen atoms in total. The molecule has 3 heterocycles. The number of fused-ring (bicyclic) bond motifs is 1. The number of aromatic nitrogens is 2. The number of hydrogen-bond acceptors (Lipinski definition) is 8. The summed E-state index contributed by atoms with van der Waals surface area (Å²) in [7, 11) is 0. The predicted octanol–water partition coefficient (Wildman–Crippen LogP) is 3.37. The van der Waals surface area contributed by atoms with Crippen LogP contribution in [0.5, 0.6) is 11.5 Å². The van der Waals surface area contributed by atoms with Crippen LogP contribution >= 0.6 is 11.3 Å². The summed E-state index contributed by atoms with van der Waals surface area (Å²) in [5, 5.41) is 20.8. The molecule has 1 unspecified atom stereocenters. The Morgan fingerprint density at radius 2 is 1.94 bits per heavy atom. The minimum absolute atomic E-state index is 0.126. The standard InChI is InChI=1S/C22H17N5O4S/c23-11-13-3-5-14(6-4-13)22(29)27-9-1-2-16(27)20-25-26-21(32-20)19(28)24-15-7-8-17-18(10-15)31-12-30-17/h3-8,10,16H,1-2,9,12H2,(H,24,28). The number of ether oxygens (including phenoxy) is 2. The van der Waals surface area contributed by atoms with Gasteiger partial charge in [-0.25, -0.2) is 0 Å². The zero-order valence-electron chi connectivity index (χ0n) is 16.8. The Hall–Kier alpha value is -3.97. The molecule has 0 radical (unpaired) electrons. The van der Waals surface area contributed by atoms with Crippen molar-refractivity contribution in [3.05, 3.63) is 63.6 Å². The van der Waals surface area contributed by atoms with Crippen LogP contribution in [0.25, 0.3) is 0 Å². The van der Waals surface area contributed by atoms with E-state index in [1.54, 1.807) is 47.4 Å². The first-order valence-electron chi connectivity index (χ1n) is 9.98. The van der Waals surface area contributed by atoms with E-state index < -0.39 is 0 Å². The van der Waals surface area contributed by atoms with Crippen LogP contribution in [0.4, 0.5) is 5.69 Å². The number of carbonyl (C=O) groups is 2. The molecule has 1 saturated heterocycles. The van der Waals surface area contributed by atoms with Crippen molar-refractivity contribution in [2.45, 2.75) is 18.9 Å². The maximum atomic E-state index is 13.0. The molecule has 1 fully saturated rings. The topological polar surface area (TPSA) is 117 Å². The number of likely N-dealkylation sites (tertiary alicyclic amines) is 1. The molecule has 0 aliphatic carbocycles. The van der Waals surface area contributed by atoms with Gasteiger partial charge in [0.25, 0.3) is 11.8 Å². The summed E-state index contributed by atoms with van der Waals surface area (Å²) in [5.41, 5.74) is 1.58. The van der Waals surface area contributed by atoms with Gasteiger partial charge in [0.15, 0.2) is 11.5 Å². The van der Waals surface area contributed by atoms with Gasteiger partial charge in [-0.1, -0.05) is 11.3 Å². The number of anilines is 1. The highest BCUT2D eigenvalue weighted by Crippen LogP contribution is 2.36. The Kier molecular flexibility index (Phi) is 5.17. The van der Waals surface area contributed by atoms with Crippen molar-refractivity contribution in [3.63, 3.8) is 0 Å². The third-order valence-corrected chi connectivity index (χ3v) is 6.35. The van der Waals surface area contributed by atoms with Crippen molar-refractivity contribution in [2.75, 3.05) is 18.7 Å². The molecular weight excluding hydrogens is 430 g/mol. The fraction of sp³-hybridized carbons (Fsp3) is 0.227. The van der Waals surface area contributed by atoms with Crippen LogP contribution in [0.3, 0.4) is 0 Å². The number of nitrogens with zero attached hydrogens (tertiary/aromatic N) is 4. The van der Waals surface area contributed by atoms with Gasteiger partial charge in [-0.05, 0) is 49.2 Å². The van der Waals surface area contributed by atoms with E-state index in [-0.39, 0.29) is 29.7 Å². The van der Waals surface area contributed by atoms with Gasteiger partial charge in [0, 0.05) is 23.9 Å². The smallest absolute Gasteiger partial charge is 0.286 e. The van der Waals surface area contributed by atoms with Gasteiger partial charge >= 0.3 is 0 Å². The van der Waals surface area contributed by atoms with Crippen molar-refractivity contribution >= 4 is 28.8 Å². The number of amides is 2. The molecule has 2 aliphatic heterocycles. The van der Waals surface area contributed by atoms with Gasteiger partial charge in [-0.2, -0.15) is 5.26 Å². The second-order valence-corrected chi connectivity index (χ2v) is 8.32. The van der Waals surface area contributed by atoms with Gasteiger partial charge < -0.3 is 19.7 Å². The molecule has 3 aromatic rings. The number of carbonyl (C=O) groups excluding carboxylic acids is 2. The van der Waals surface area contributed by atoms with Crippen molar-refractivity contribution in [2.24, 2.45) is 0 Å². The van der Waals surface area contributed by atoms with Crippen molar-refractivity contribution in [3.8, 4) is 17.6 Å². The largest absolute Gasteiger partial charge is 0.454 e. The fourth-order valence-electron chi connectivity index (χ4n) is 3.74. The zero-order valence-corrected chi connectivity index (χ0v) is 17.6. The molecule has 10 heteroatoms. The lowest BCUT2D eigenvalue weighted by Crippen LogP contribution is -2.30. The highest BCUT2D eigenvalue weighted by atomic mass is 32.1. The Bertz CT molecular complexity index is 1230. The van der Waals surface area contributed by atoms with Gasteiger partial charge in [-0.15, -0.1) is 10.2 Å². The van der Waals surface area contributed by atoms with Gasteiger partial charge in [0.1, 0.15) is 5.01 Å². The average molecular weight is 447 g/mol. The van der Waals surface area contributed by atoms with E-state index in [1.807, 2.05) is 6.07 Å². The summed E-state index contributed by atoms with van der Waals surface area (Å²) in [4.78, 5) is 27.4. The monoisotopic (exact) mass is 447 g/mol. The molecule has 2 aromatic carbocycles. The molecule has 1 aromatic heterocycles. The average Bonchev–Trinajstić information content (AvgIpc) is 3.58. The van der Waals surface area contributed by atoms with Crippen LogP contribution in [-0.4, -0.2) is 40.2 Å². The lowest BCUT2D eigenvalue weighted by molar-refractivity contribution is 0.0735. The first-order valence-corrected chi connectivity index (χ1v) is 10.8. The molecule has 5 rings (SSSR count). The summed E-state index contributed by atoms with van der Waals surface area (Å²) in [6.07, 6.45) is 1.59. The maximum Gasteiger partial charge on any atom is 0.286 e. The second-order valence-electron chi connectivity index (χ2n) is 7.31. The summed E-state index contributed by atoms with van der Waals surface area (Å²) >= 11 is 1.18. The third-order valence-electron chi connectivity index (χ3n) is 5.32. The SMILES string of the molecule is N#Cc1ccc(C(=O)N2CCCC2c2nnc(C(=O)Nc3ccc4c(c3)OCO4)s2)cc1. The number of nitrogens with one attached hydrogen (secondary N) is 1. The van der Waals surface area contributed by atoms with Crippen LogP contribution in [0.2, 0.25) is 0 Å². The lowest BCUT2D eigenvalue weighted by atomic mass is 10.1. The number of nitriles is 1. The van der Waals surface area contributed by atoms with E-state index in [0.29, 0.717) is 39.9 Å². The molecular formula is C22H17N5O4S. The normalized spacial score (nSPS) is 16.6. The molecule has 0 saturated carbocycles. The molecule has 0 bridgehead atoms. The minimum atomic E-state index is -0.379. The number of hydrogen-bond donors (Lipinski definition) is 1. The molecule has 0 spiro atoms. The van der Waals surface area contributed by atoms with E-state index in [4.69, 9.17) is 14.7 Å². The summed E-state index contributed by atoms with van der Waals surface area (Å²) in [6.45, 7) is 0.757. The summed E-state index contributed by atoms with van der Waals surface area (Å²) < 4.78 is 10.6.